The van der Waals surface area contributed by atoms with Crippen LogP contribution in [0.15, 0.2) is 97.2 Å². The lowest BCUT2D eigenvalue weighted by Crippen LogP contribution is -2.34. The fourth-order valence-corrected chi connectivity index (χ4v) is 3.75. The van der Waals surface area contributed by atoms with Gasteiger partial charge in [0.25, 0.3) is 0 Å². The summed E-state index contributed by atoms with van der Waals surface area (Å²) in [5.41, 5.74) is 3.69. The molecule has 0 aliphatic rings. The second-order valence-electron chi connectivity index (χ2n) is 7.32. The van der Waals surface area contributed by atoms with Crippen LogP contribution in [0.5, 0.6) is 0 Å². The first kappa shape index (κ1) is 18.5. The topological polar surface area (TPSA) is 28.4 Å². The van der Waals surface area contributed by atoms with Crippen LogP contribution in [-0.2, 0) is 19.6 Å². The highest BCUT2D eigenvalue weighted by molar-refractivity contribution is 5.79. The maximum absolute atomic E-state index is 10.8. The Morgan fingerprint density at radius 1 is 0.714 bits per heavy atom. The molecular formula is C25H26N2O. The van der Waals surface area contributed by atoms with Crippen molar-refractivity contribution in [2.24, 2.45) is 0 Å². The summed E-state index contributed by atoms with van der Waals surface area (Å²) in [6.45, 7) is 2.85. The molecule has 3 heteroatoms. The van der Waals surface area contributed by atoms with Crippen LogP contribution in [0, 0.1) is 0 Å². The van der Waals surface area contributed by atoms with Gasteiger partial charge in [0.2, 0.25) is 0 Å². The van der Waals surface area contributed by atoms with Crippen LogP contribution in [0.25, 0.3) is 10.9 Å². The monoisotopic (exact) mass is 370 g/mol. The minimum atomic E-state index is -0.441. The molecule has 4 rings (SSSR count). The van der Waals surface area contributed by atoms with Crippen LogP contribution in [0.3, 0.4) is 0 Å². The number of benzene rings is 3. The van der Waals surface area contributed by atoms with Crippen molar-refractivity contribution >= 4 is 10.9 Å². The molecule has 1 heterocycles. The molecule has 4 aromatic rings. The predicted molar refractivity (Wildman–Crippen MR) is 115 cm³/mol. The van der Waals surface area contributed by atoms with E-state index in [0.717, 1.165) is 13.1 Å². The van der Waals surface area contributed by atoms with E-state index in [1.54, 1.807) is 0 Å². The van der Waals surface area contributed by atoms with Gasteiger partial charge in [0.1, 0.15) is 0 Å². The normalized spacial score (nSPS) is 12.5. The molecule has 0 saturated carbocycles. The Balaban J connectivity index is 1.47. The molecule has 0 spiro atoms. The molecule has 0 amide bonds. The van der Waals surface area contributed by atoms with Crippen molar-refractivity contribution in [2.75, 3.05) is 6.54 Å². The van der Waals surface area contributed by atoms with Crippen LogP contribution in [0.1, 0.15) is 11.1 Å². The summed E-state index contributed by atoms with van der Waals surface area (Å²) in [7, 11) is 0. The van der Waals surface area contributed by atoms with Crippen LogP contribution < -0.4 is 0 Å². The van der Waals surface area contributed by atoms with Crippen molar-refractivity contribution in [3.63, 3.8) is 0 Å². The predicted octanol–water partition coefficient (Wildman–Crippen LogP) is 4.70. The second kappa shape index (κ2) is 8.87. The molecule has 0 fully saturated rings. The first-order chi connectivity index (χ1) is 13.8. The van der Waals surface area contributed by atoms with Gasteiger partial charge >= 0.3 is 0 Å². The van der Waals surface area contributed by atoms with Gasteiger partial charge < -0.3 is 9.67 Å². The number of rotatable bonds is 8. The fourth-order valence-electron chi connectivity index (χ4n) is 3.75. The number of nitrogens with zero attached hydrogens (tertiary/aromatic N) is 2. The summed E-state index contributed by atoms with van der Waals surface area (Å²) in [5, 5.41) is 12.1. The zero-order chi connectivity index (χ0) is 19.2. The maximum atomic E-state index is 10.8. The van der Waals surface area contributed by atoms with Gasteiger partial charge in [-0.1, -0.05) is 78.9 Å². The number of aliphatic hydroxyl groups is 1. The Morgan fingerprint density at radius 3 is 1.93 bits per heavy atom. The quantitative estimate of drug-likeness (QED) is 0.487. The zero-order valence-electron chi connectivity index (χ0n) is 16.0. The largest absolute Gasteiger partial charge is 0.390 e. The van der Waals surface area contributed by atoms with Crippen LogP contribution in [-0.4, -0.2) is 27.2 Å². The van der Waals surface area contributed by atoms with Crippen LogP contribution >= 0.6 is 0 Å². The lowest BCUT2D eigenvalue weighted by Gasteiger charge is -2.26. The van der Waals surface area contributed by atoms with E-state index in [1.807, 2.05) is 24.3 Å². The molecule has 1 N–H and O–H groups in total. The zero-order valence-corrected chi connectivity index (χ0v) is 16.0. The lowest BCUT2D eigenvalue weighted by molar-refractivity contribution is 0.0917. The maximum Gasteiger partial charge on any atom is 0.0846 e. The third-order valence-electron chi connectivity index (χ3n) is 5.05. The summed E-state index contributed by atoms with van der Waals surface area (Å²) < 4.78 is 2.14. The molecule has 1 atom stereocenters. The van der Waals surface area contributed by atoms with Crippen molar-refractivity contribution in [1.29, 1.82) is 0 Å². The molecule has 142 valence electrons. The van der Waals surface area contributed by atoms with Crippen molar-refractivity contribution in [3.8, 4) is 0 Å². The number of fused-ring (bicyclic) bond motifs is 1. The SMILES string of the molecule is OC(CN(Cc1ccccc1)Cc1ccccc1)Cn1ccc2ccccc21. The Kier molecular flexibility index (Phi) is 5.86. The second-order valence-corrected chi connectivity index (χ2v) is 7.32. The van der Waals surface area contributed by atoms with Crippen molar-refractivity contribution < 1.29 is 5.11 Å². The molecule has 3 nitrogen and oxygen atoms in total. The summed E-state index contributed by atoms with van der Waals surface area (Å²) in [6, 6.07) is 31.3. The van der Waals surface area contributed by atoms with E-state index in [1.165, 1.54) is 22.0 Å². The van der Waals surface area contributed by atoms with Crippen molar-refractivity contribution in [2.45, 2.75) is 25.7 Å². The van der Waals surface area contributed by atoms with E-state index in [4.69, 9.17) is 0 Å². The first-order valence-electron chi connectivity index (χ1n) is 9.80. The van der Waals surface area contributed by atoms with Crippen LogP contribution in [0.2, 0.25) is 0 Å². The third-order valence-corrected chi connectivity index (χ3v) is 5.05. The van der Waals surface area contributed by atoms with E-state index >= 15 is 0 Å². The average Bonchev–Trinajstić information content (AvgIpc) is 3.12. The standard InChI is InChI=1S/C25H26N2O/c28-24(20-27-16-15-23-13-7-8-14-25(23)27)19-26(17-21-9-3-1-4-10-21)18-22-11-5-2-6-12-22/h1-16,24,28H,17-20H2. The number of aliphatic hydroxyl groups excluding tert-OH is 1. The van der Waals surface area contributed by atoms with Gasteiger partial charge in [-0.05, 0) is 28.6 Å². The van der Waals surface area contributed by atoms with Gasteiger partial charge in [0.05, 0.1) is 6.10 Å². The van der Waals surface area contributed by atoms with Gasteiger partial charge in [0, 0.05) is 37.9 Å². The van der Waals surface area contributed by atoms with Crippen molar-refractivity contribution in [1.82, 2.24) is 9.47 Å². The molecule has 0 radical (unpaired) electrons. The molecule has 0 aliphatic heterocycles. The highest BCUT2D eigenvalue weighted by atomic mass is 16.3. The highest BCUT2D eigenvalue weighted by Gasteiger charge is 2.14. The van der Waals surface area contributed by atoms with E-state index in [0.29, 0.717) is 13.1 Å². The number of hydrogen-bond acceptors (Lipinski definition) is 2. The molecule has 1 aromatic heterocycles. The molecule has 0 bridgehead atoms. The molecule has 3 aromatic carbocycles. The molecular weight excluding hydrogens is 344 g/mol. The summed E-state index contributed by atoms with van der Waals surface area (Å²) in [5.74, 6) is 0. The van der Waals surface area contributed by atoms with Crippen molar-refractivity contribution in [3.05, 3.63) is 108 Å². The molecule has 1 unspecified atom stereocenters. The Bertz CT molecular complexity index is 953. The molecule has 28 heavy (non-hydrogen) atoms. The smallest absolute Gasteiger partial charge is 0.0846 e. The van der Waals surface area contributed by atoms with E-state index in [2.05, 4.69) is 82.4 Å². The number of aromatic nitrogens is 1. The molecule has 0 saturated heterocycles. The highest BCUT2D eigenvalue weighted by Crippen LogP contribution is 2.16. The number of para-hydroxylation sites is 1. The van der Waals surface area contributed by atoms with Crippen LogP contribution in [0.4, 0.5) is 0 Å². The Hall–Kier alpha value is -2.88. The summed E-state index contributed by atoms with van der Waals surface area (Å²) in [4.78, 5) is 2.32. The van der Waals surface area contributed by atoms with Gasteiger partial charge in [-0.3, -0.25) is 4.90 Å². The van der Waals surface area contributed by atoms with Gasteiger partial charge in [-0.15, -0.1) is 0 Å². The van der Waals surface area contributed by atoms with E-state index in [-0.39, 0.29) is 0 Å². The Labute approximate surface area is 166 Å². The third kappa shape index (κ3) is 4.69. The van der Waals surface area contributed by atoms with E-state index in [9.17, 15) is 5.11 Å². The van der Waals surface area contributed by atoms with Gasteiger partial charge in [0.15, 0.2) is 0 Å². The summed E-state index contributed by atoms with van der Waals surface area (Å²) >= 11 is 0. The van der Waals surface area contributed by atoms with Gasteiger partial charge in [-0.25, -0.2) is 0 Å². The Morgan fingerprint density at radius 2 is 1.29 bits per heavy atom. The minimum absolute atomic E-state index is 0.441. The average molecular weight is 370 g/mol. The van der Waals surface area contributed by atoms with Gasteiger partial charge in [-0.2, -0.15) is 0 Å². The first-order valence-corrected chi connectivity index (χ1v) is 9.80. The molecule has 0 aliphatic carbocycles. The van der Waals surface area contributed by atoms with E-state index < -0.39 is 6.10 Å². The lowest BCUT2D eigenvalue weighted by atomic mass is 10.1. The summed E-state index contributed by atoms with van der Waals surface area (Å²) in [6.07, 6.45) is 1.62. The number of hydrogen-bond donors (Lipinski definition) is 1. The fraction of sp³-hybridized carbons (Fsp3) is 0.200. The minimum Gasteiger partial charge on any atom is -0.390 e.